The van der Waals surface area contributed by atoms with Crippen LogP contribution >= 0.6 is 0 Å². The normalized spacial score (nSPS) is 17.6. The molecular formula is C19H18N4O5. The van der Waals surface area contributed by atoms with Gasteiger partial charge in [-0.05, 0) is 35.4 Å². The van der Waals surface area contributed by atoms with Gasteiger partial charge >= 0.3 is 6.03 Å². The second-order valence-electron chi connectivity index (χ2n) is 6.45. The van der Waals surface area contributed by atoms with Crippen molar-refractivity contribution in [1.29, 1.82) is 0 Å². The Labute approximate surface area is 160 Å². The number of fused-ring (bicyclic) bond motifs is 1. The first kappa shape index (κ1) is 17.8. The van der Waals surface area contributed by atoms with E-state index in [1.165, 1.54) is 0 Å². The Morgan fingerprint density at radius 2 is 1.93 bits per heavy atom. The fraction of sp³-hybridized carbons (Fsp3) is 0.263. The van der Waals surface area contributed by atoms with Crippen LogP contribution in [0.4, 0.5) is 4.79 Å². The molecule has 0 bridgehead atoms. The van der Waals surface area contributed by atoms with Crippen LogP contribution in [0.5, 0.6) is 11.5 Å². The number of hydrogen-bond acceptors (Lipinski definition) is 6. The minimum Gasteiger partial charge on any atom is -0.454 e. The fourth-order valence-electron chi connectivity index (χ4n) is 3.05. The van der Waals surface area contributed by atoms with Gasteiger partial charge in [-0.15, -0.1) is 0 Å². The molecule has 2 N–H and O–H groups in total. The van der Waals surface area contributed by atoms with Crippen molar-refractivity contribution in [2.24, 2.45) is 0 Å². The Bertz CT molecular complexity index is 918. The highest BCUT2D eigenvalue weighted by molar-refractivity contribution is 6.05. The van der Waals surface area contributed by atoms with E-state index in [1.54, 1.807) is 42.7 Å². The van der Waals surface area contributed by atoms with Gasteiger partial charge in [0.25, 0.3) is 5.91 Å². The van der Waals surface area contributed by atoms with Crippen molar-refractivity contribution in [3.05, 3.63) is 53.9 Å². The number of hydrogen-bond donors (Lipinski definition) is 2. The molecule has 0 saturated carbocycles. The lowest BCUT2D eigenvalue weighted by atomic mass is 10.1. The molecule has 9 heteroatoms. The van der Waals surface area contributed by atoms with E-state index < -0.39 is 18.0 Å². The molecule has 4 rings (SSSR count). The summed E-state index contributed by atoms with van der Waals surface area (Å²) >= 11 is 0. The molecule has 0 aliphatic carbocycles. The van der Waals surface area contributed by atoms with E-state index >= 15 is 0 Å². The fourth-order valence-corrected chi connectivity index (χ4v) is 3.05. The van der Waals surface area contributed by atoms with Gasteiger partial charge in [-0.25, -0.2) is 4.79 Å². The van der Waals surface area contributed by atoms with Crippen molar-refractivity contribution < 1.29 is 23.9 Å². The van der Waals surface area contributed by atoms with Crippen molar-refractivity contribution in [3.8, 4) is 11.5 Å². The van der Waals surface area contributed by atoms with Gasteiger partial charge in [-0.2, -0.15) is 0 Å². The van der Waals surface area contributed by atoms with Crippen molar-refractivity contribution >= 4 is 17.8 Å². The molecule has 1 fully saturated rings. The largest absolute Gasteiger partial charge is 0.454 e. The summed E-state index contributed by atoms with van der Waals surface area (Å²) in [7, 11) is 0. The van der Waals surface area contributed by atoms with Crippen molar-refractivity contribution in [3.63, 3.8) is 0 Å². The molecule has 1 atom stereocenters. The number of benzene rings is 1. The second kappa shape index (κ2) is 7.55. The first-order valence-corrected chi connectivity index (χ1v) is 8.76. The predicted octanol–water partition coefficient (Wildman–Crippen LogP) is 0.937. The highest BCUT2D eigenvalue weighted by atomic mass is 16.7. The lowest BCUT2D eigenvalue weighted by Crippen LogP contribution is -2.36. The number of rotatable bonds is 6. The molecule has 2 aliphatic rings. The molecule has 2 aromatic rings. The number of pyridine rings is 1. The van der Waals surface area contributed by atoms with E-state index in [0.717, 1.165) is 16.0 Å². The number of carbonyl (C=O) groups excluding carboxylic acids is 3. The SMILES string of the molecule is O=C(CC1NC(=O)N(Cc2ccc3c(c2)OCO3)C1=O)NCc1ccncc1. The van der Waals surface area contributed by atoms with Crippen LogP contribution < -0.4 is 20.1 Å². The number of imide groups is 1. The van der Waals surface area contributed by atoms with Crippen LogP contribution in [-0.4, -0.2) is 40.6 Å². The summed E-state index contributed by atoms with van der Waals surface area (Å²) in [4.78, 5) is 41.9. The molecular weight excluding hydrogens is 364 g/mol. The third-order valence-electron chi connectivity index (χ3n) is 4.51. The molecule has 0 radical (unpaired) electrons. The number of nitrogens with one attached hydrogen (secondary N) is 2. The standard InChI is InChI=1S/C19H18N4O5/c24-17(21-9-12-3-5-20-6-4-12)8-14-18(25)23(19(26)22-14)10-13-1-2-15-16(7-13)28-11-27-15/h1-7,14H,8-11H2,(H,21,24)(H,22,26). The number of aromatic nitrogens is 1. The van der Waals surface area contributed by atoms with E-state index in [1.807, 2.05) is 0 Å². The molecule has 0 spiro atoms. The van der Waals surface area contributed by atoms with Gasteiger partial charge in [-0.1, -0.05) is 6.07 Å². The van der Waals surface area contributed by atoms with Crippen LogP contribution in [0.3, 0.4) is 0 Å². The average molecular weight is 382 g/mol. The first-order valence-electron chi connectivity index (χ1n) is 8.76. The molecule has 1 unspecified atom stereocenters. The maximum Gasteiger partial charge on any atom is 0.325 e. The van der Waals surface area contributed by atoms with Gasteiger partial charge in [0.1, 0.15) is 6.04 Å². The third-order valence-corrected chi connectivity index (χ3v) is 4.51. The quantitative estimate of drug-likeness (QED) is 0.720. The van der Waals surface area contributed by atoms with Crippen molar-refractivity contribution in [1.82, 2.24) is 20.5 Å². The number of nitrogens with zero attached hydrogens (tertiary/aromatic N) is 2. The minimum absolute atomic E-state index is 0.0937. The van der Waals surface area contributed by atoms with Crippen LogP contribution in [0.1, 0.15) is 17.5 Å². The molecule has 144 valence electrons. The summed E-state index contributed by atoms with van der Waals surface area (Å²) < 4.78 is 10.6. The predicted molar refractivity (Wildman–Crippen MR) is 96.1 cm³/mol. The van der Waals surface area contributed by atoms with Crippen molar-refractivity contribution in [2.75, 3.05) is 6.79 Å². The maximum atomic E-state index is 12.6. The number of carbonyl (C=O) groups is 3. The zero-order valence-electron chi connectivity index (χ0n) is 14.9. The minimum atomic E-state index is -0.876. The maximum absolute atomic E-state index is 12.6. The summed E-state index contributed by atoms with van der Waals surface area (Å²) in [6, 6.07) is 7.42. The van der Waals surface area contributed by atoms with Gasteiger partial charge in [0.2, 0.25) is 12.7 Å². The second-order valence-corrected chi connectivity index (χ2v) is 6.45. The number of urea groups is 1. The zero-order chi connectivity index (χ0) is 19.5. The molecule has 1 aromatic carbocycles. The number of ether oxygens (including phenoxy) is 2. The Kier molecular flexibility index (Phi) is 4.79. The topological polar surface area (TPSA) is 110 Å². The highest BCUT2D eigenvalue weighted by Crippen LogP contribution is 2.33. The highest BCUT2D eigenvalue weighted by Gasteiger charge is 2.39. The summed E-state index contributed by atoms with van der Waals surface area (Å²) in [5.74, 6) is 0.461. The van der Waals surface area contributed by atoms with Crippen molar-refractivity contribution in [2.45, 2.75) is 25.6 Å². The molecule has 2 aliphatic heterocycles. The summed E-state index contributed by atoms with van der Waals surface area (Å²) in [6.45, 7) is 0.576. The molecule has 28 heavy (non-hydrogen) atoms. The molecule has 1 saturated heterocycles. The van der Waals surface area contributed by atoms with E-state index in [4.69, 9.17) is 9.47 Å². The lowest BCUT2D eigenvalue weighted by molar-refractivity contribution is -0.131. The van der Waals surface area contributed by atoms with E-state index in [9.17, 15) is 14.4 Å². The van der Waals surface area contributed by atoms with Gasteiger partial charge in [0.05, 0.1) is 13.0 Å². The molecule has 3 heterocycles. The van der Waals surface area contributed by atoms with Gasteiger partial charge < -0.3 is 20.1 Å². The molecule has 9 nitrogen and oxygen atoms in total. The van der Waals surface area contributed by atoms with Crippen LogP contribution in [0.25, 0.3) is 0 Å². The van der Waals surface area contributed by atoms with E-state index in [-0.39, 0.29) is 25.7 Å². The average Bonchev–Trinajstić information content (AvgIpc) is 3.27. The molecule has 4 amide bonds. The first-order chi connectivity index (χ1) is 13.6. The Balaban J connectivity index is 1.34. The van der Waals surface area contributed by atoms with Crippen LogP contribution in [0.15, 0.2) is 42.7 Å². The Hall–Kier alpha value is -3.62. The van der Waals surface area contributed by atoms with Gasteiger partial charge in [-0.3, -0.25) is 19.5 Å². The van der Waals surface area contributed by atoms with E-state index in [2.05, 4.69) is 15.6 Å². The molecule has 1 aromatic heterocycles. The third kappa shape index (κ3) is 3.73. The number of amides is 4. The van der Waals surface area contributed by atoms with Crippen LogP contribution in [0.2, 0.25) is 0 Å². The van der Waals surface area contributed by atoms with Crippen LogP contribution in [-0.2, 0) is 22.7 Å². The summed E-state index contributed by atoms with van der Waals surface area (Å²) in [6.07, 6.45) is 3.15. The van der Waals surface area contributed by atoms with Gasteiger partial charge in [0.15, 0.2) is 11.5 Å². The Morgan fingerprint density at radius 3 is 2.75 bits per heavy atom. The zero-order valence-corrected chi connectivity index (χ0v) is 14.9. The van der Waals surface area contributed by atoms with Crippen LogP contribution in [0, 0.1) is 0 Å². The Morgan fingerprint density at radius 1 is 1.14 bits per heavy atom. The summed E-state index contributed by atoms with van der Waals surface area (Å²) in [5, 5.41) is 5.30. The smallest absolute Gasteiger partial charge is 0.325 e. The lowest BCUT2D eigenvalue weighted by Gasteiger charge is -2.13. The monoisotopic (exact) mass is 382 g/mol. The van der Waals surface area contributed by atoms with Gasteiger partial charge in [0, 0.05) is 18.9 Å². The summed E-state index contributed by atoms with van der Waals surface area (Å²) in [5.41, 5.74) is 1.63. The van der Waals surface area contributed by atoms with E-state index in [0.29, 0.717) is 18.0 Å².